The van der Waals surface area contributed by atoms with E-state index in [1.807, 2.05) is 0 Å². The van der Waals surface area contributed by atoms with Gasteiger partial charge in [-0.2, -0.15) is 0 Å². The van der Waals surface area contributed by atoms with Crippen molar-refractivity contribution >= 4 is 11.8 Å². The van der Waals surface area contributed by atoms with Gasteiger partial charge in [0.2, 0.25) is 11.8 Å². The lowest BCUT2D eigenvalue weighted by atomic mass is 10.0. The molecule has 5 nitrogen and oxygen atoms in total. The van der Waals surface area contributed by atoms with E-state index in [4.69, 9.17) is 5.73 Å². The van der Waals surface area contributed by atoms with E-state index < -0.39 is 23.5 Å². The normalized spacial score (nSPS) is 23.2. The highest BCUT2D eigenvalue weighted by molar-refractivity contribution is 5.79. The maximum Gasteiger partial charge on any atom is 0.224 e. The van der Waals surface area contributed by atoms with Crippen LogP contribution in [0.2, 0.25) is 0 Å². The van der Waals surface area contributed by atoms with Crippen LogP contribution in [0.15, 0.2) is 12.1 Å². The second-order valence-corrected chi connectivity index (χ2v) is 6.79. The van der Waals surface area contributed by atoms with Gasteiger partial charge in [0.25, 0.3) is 0 Å². The number of piperazine rings is 1. The Morgan fingerprint density at radius 1 is 1.12 bits per heavy atom. The zero-order chi connectivity index (χ0) is 18.3. The van der Waals surface area contributed by atoms with Crippen LogP contribution in [0.25, 0.3) is 0 Å². The van der Waals surface area contributed by atoms with E-state index in [1.54, 1.807) is 9.80 Å². The predicted octanol–water partition coefficient (Wildman–Crippen LogP) is 1.20. The number of hydrogen-bond acceptors (Lipinski definition) is 3. The lowest BCUT2D eigenvalue weighted by Crippen LogP contribution is -2.51. The van der Waals surface area contributed by atoms with Gasteiger partial charge >= 0.3 is 0 Å². The third-order valence-electron chi connectivity index (χ3n) is 4.97. The number of carbonyl (C=O) groups is 2. The molecule has 0 aliphatic carbocycles. The topological polar surface area (TPSA) is 66.6 Å². The standard InChI is InChI=1S/C17H20F3N3O2/c1-9(24)22-7-13-5-12(22)8-23(13)17(25)4-11(21)2-10-3-15(19)16(20)6-14(10)18/h3,6,11-13H,2,4-5,7-8,21H2,1H3/t11-,12?,13?/m1/s1. The number of fused-ring (bicyclic) bond motifs is 2. The van der Waals surface area contributed by atoms with E-state index in [1.165, 1.54) is 6.92 Å². The van der Waals surface area contributed by atoms with Gasteiger partial charge in [0.05, 0.1) is 12.1 Å². The van der Waals surface area contributed by atoms with Gasteiger partial charge in [-0.15, -0.1) is 0 Å². The van der Waals surface area contributed by atoms with Crippen LogP contribution in [0.1, 0.15) is 25.3 Å². The summed E-state index contributed by atoms with van der Waals surface area (Å²) in [6, 6.07) is 0.599. The minimum Gasteiger partial charge on any atom is -0.336 e. The molecule has 2 N–H and O–H groups in total. The molecule has 8 heteroatoms. The van der Waals surface area contributed by atoms with Crippen molar-refractivity contribution in [3.05, 3.63) is 35.1 Å². The molecule has 2 aliphatic rings. The molecule has 2 unspecified atom stereocenters. The van der Waals surface area contributed by atoms with Gasteiger partial charge < -0.3 is 15.5 Å². The summed E-state index contributed by atoms with van der Waals surface area (Å²) in [6.07, 6.45) is 0.691. The molecule has 2 amide bonds. The van der Waals surface area contributed by atoms with E-state index in [0.717, 1.165) is 12.5 Å². The molecule has 3 rings (SSSR count). The molecule has 0 aromatic heterocycles. The first-order valence-corrected chi connectivity index (χ1v) is 8.22. The van der Waals surface area contributed by atoms with Crippen LogP contribution >= 0.6 is 0 Å². The Kier molecular flexibility index (Phi) is 4.73. The van der Waals surface area contributed by atoms with Gasteiger partial charge in [-0.3, -0.25) is 9.59 Å². The summed E-state index contributed by atoms with van der Waals surface area (Å²) in [4.78, 5) is 27.4. The average Bonchev–Trinajstić information content (AvgIpc) is 3.12. The molecule has 2 heterocycles. The Labute approximate surface area is 143 Å². The van der Waals surface area contributed by atoms with Crippen molar-refractivity contribution in [2.75, 3.05) is 13.1 Å². The molecule has 25 heavy (non-hydrogen) atoms. The van der Waals surface area contributed by atoms with Crippen LogP contribution in [0, 0.1) is 17.5 Å². The van der Waals surface area contributed by atoms with Crippen molar-refractivity contribution in [3.8, 4) is 0 Å². The summed E-state index contributed by atoms with van der Waals surface area (Å²) >= 11 is 0. The molecule has 0 radical (unpaired) electrons. The molecule has 136 valence electrons. The van der Waals surface area contributed by atoms with E-state index in [9.17, 15) is 22.8 Å². The van der Waals surface area contributed by atoms with Gasteiger partial charge in [0.15, 0.2) is 11.6 Å². The lowest BCUT2D eigenvalue weighted by molar-refractivity contribution is -0.138. The molecular weight excluding hydrogens is 335 g/mol. The SMILES string of the molecule is CC(=O)N1CC2CC1CN2C(=O)C[C@H](N)Cc1cc(F)c(F)cc1F. The lowest BCUT2D eigenvalue weighted by Gasteiger charge is -2.34. The molecule has 0 spiro atoms. The number of amides is 2. The number of halogens is 3. The maximum atomic E-state index is 13.7. The van der Waals surface area contributed by atoms with Crippen molar-refractivity contribution in [2.24, 2.45) is 5.73 Å². The number of carbonyl (C=O) groups excluding carboxylic acids is 2. The third kappa shape index (κ3) is 3.49. The maximum absolute atomic E-state index is 13.7. The fraction of sp³-hybridized carbons (Fsp3) is 0.529. The molecule has 1 aromatic carbocycles. The van der Waals surface area contributed by atoms with Crippen molar-refractivity contribution in [2.45, 2.75) is 44.3 Å². The van der Waals surface area contributed by atoms with Crippen molar-refractivity contribution < 1.29 is 22.8 Å². The van der Waals surface area contributed by atoms with Crippen molar-refractivity contribution in [1.29, 1.82) is 0 Å². The molecule has 2 saturated heterocycles. The van der Waals surface area contributed by atoms with E-state index in [0.29, 0.717) is 19.2 Å². The zero-order valence-electron chi connectivity index (χ0n) is 13.8. The molecule has 1 aromatic rings. The quantitative estimate of drug-likeness (QED) is 0.826. The number of hydrogen-bond donors (Lipinski definition) is 1. The first kappa shape index (κ1) is 17.7. The van der Waals surface area contributed by atoms with Gasteiger partial charge in [0.1, 0.15) is 5.82 Å². The first-order valence-electron chi connectivity index (χ1n) is 8.22. The van der Waals surface area contributed by atoms with Gasteiger partial charge in [-0.05, 0) is 24.5 Å². The third-order valence-corrected chi connectivity index (χ3v) is 4.97. The fourth-order valence-corrected chi connectivity index (χ4v) is 3.77. The van der Waals surface area contributed by atoms with Crippen molar-refractivity contribution in [1.82, 2.24) is 9.80 Å². The van der Waals surface area contributed by atoms with Crippen LogP contribution in [0.4, 0.5) is 13.2 Å². The second-order valence-electron chi connectivity index (χ2n) is 6.79. The smallest absolute Gasteiger partial charge is 0.224 e. The Bertz CT molecular complexity index is 713. The van der Waals surface area contributed by atoms with Gasteiger partial charge in [-0.1, -0.05) is 0 Å². The zero-order valence-corrected chi connectivity index (χ0v) is 13.8. The van der Waals surface area contributed by atoms with E-state index in [2.05, 4.69) is 0 Å². The van der Waals surface area contributed by atoms with Crippen molar-refractivity contribution in [3.63, 3.8) is 0 Å². The molecular formula is C17H20F3N3O2. The summed E-state index contributed by atoms with van der Waals surface area (Å²) in [6.45, 7) is 2.52. The summed E-state index contributed by atoms with van der Waals surface area (Å²) in [7, 11) is 0. The number of nitrogens with zero attached hydrogens (tertiary/aromatic N) is 2. The van der Waals surface area contributed by atoms with E-state index >= 15 is 0 Å². The number of rotatable bonds is 4. The largest absolute Gasteiger partial charge is 0.336 e. The Balaban J connectivity index is 1.57. The minimum absolute atomic E-state index is 0.00473. The number of likely N-dealkylation sites (tertiary alicyclic amines) is 2. The molecule has 2 fully saturated rings. The van der Waals surface area contributed by atoms with Gasteiger partial charge in [-0.25, -0.2) is 13.2 Å². The Hall–Kier alpha value is -2.09. The minimum atomic E-state index is -1.26. The highest BCUT2D eigenvalue weighted by Crippen LogP contribution is 2.31. The number of nitrogens with two attached hydrogens (primary N) is 1. The molecule has 0 saturated carbocycles. The fourth-order valence-electron chi connectivity index (χ4n) is 3.77. The summed E-state index contributed by atoms with van der Waals surface area (Å²) in [5, 5.41) is 0. The van der Waals surface area contributed by atoms with Gasteiger partial charge in [0, 0.05) is 38.5 Å². The Morgan fingerprint density at radius 2 is 1.72 bits per heavy atom. The first-order chi connectivity index (χ1) is 11.8. The summed E-state index contributed by atoms with van der Waals surface area (Å²) < 4.78 is 39.9. The highest BCUT2D eigenvalue weighted by atomic mass is 19.2. The van der Waals surface area contributed by atoms with Crippen LogP contribution in [-0.2, 0) is 16.0 Å². The van der Waals surface area contributed by atoms with Crippen LogP contribution < -0.4 is 5.73 Å². The second kappa shape index (κ2) is 6.67. The monoisotopic (exact) mass is 355 g/mol. The molecule has 2 aliphatic heterocycles. The molecule has 3 atom stereocenters. The molecule has 2 bridgehead atoms. The highest BCUT2D eigenvalue weighted by Gasteiger charge is 2.46. The Morgan fingerprint density at radius 3 is 2.32 bits per heavy atom. The summed E-state index contributed by atoms with van der Waals surface area (Å²) in [5.74, 6) is -3.43. The average molecular weight is 355 g/mol. The number of benzene rings is 1. The van der Waals surface area contributed by atoms with Crippen LogP contribution in [-0.4, -0.2) is 52.8 Å². The van der Waals surface area contributed by atoms with E-state index in [-0.39, 0.29) is 42.3 Å². The van der Waals surface area contributed by atoms with Crippen LogP contribution in [0.3, 0.4) is 0 Å². The van der Waals surface area contributed by atoms with Crippen LogP contribution in [0.5, 0.6) is 0 Å². The predicted molar refractivity (Wildman–Crippen MR) is 83.9 cm³/mol. The summed E-state index contributed by atoms with van der Waals surface area (Å²) in [5.41, 5.74) is 5.86.